The lowest BCUT2D eigenvalue weighted by Gasteiger charge is -2.24. The van der Waals surface area contributed by atoms with Crippen molar-refractivity contribution in [2.24, 2.45) is 5.92 Å². The third-order valence-corrected chi connectivity index (χ3v) is 6.40. The summed E-state index contributed by atoms with van der Waals surface area (Å²) in [7, 11) is -1.70. The average molecular weight is 310 g/mol. The van der Waals surface area contributed by atoms with Gasteiger partial charge in [-0.2, -0.15) is 4.31 Å². The fourth-order valence-electron chi connectivity index (χ4n) is 2.61. The Labute approximate surface area is 128 Å². The third-order valence-electron chi connectivity index (χ3n) is 4.45. The van der Waals surface area contributed by atoms with Crippen LogP contribution in [0.2, 0.25) is 0 Å². The lowest BCUT2D eigenvalue weighted by Crippen LogP contribution is -2.36. The molecular weight excluding hydrogens is 284 g/mol. The summed E-state index contributed by atoms with van der Waals surface area (Å²) in [6.07, 6.45) is 2.28. The molecule has 4 nitrogen and oxygen atoms in total. The van der Waals surface area contributed by atoms with E-state index in [1.807, 2.05) is 19.1 Å². The largest absolute Gasteiger partial charge is 0.310 e. The highest BCUT2D eigenvalue weighted by Gasteiger charge is 2.35. The fourth-order valence-corrected chi connectivity index (χ4v) is 4.04. The number of hydrogen-bond donors (Lipinski definition) is 1. The van der Waals surface area contributed by atoms with Crippen molar-refractivity contribution >= 4 is 10.0 Å². The lowest BCUT2D eigenvalue weighted by atomic mass is 10.1. The van der Waals surface area contributed by atoms with Crippen LogP contribution in [-0.2, 0) is 10.0 Å². The molecule has 0 aromatic heterocycles. The molecule has 1 aromatic carbocycles. The Balaban J connectivity index is 2.16. The molecule has 0 saturated heterocycles. The van der Waals surface area contributed by atoms with Gasteiger partial charge >= 0.3 is 0 Å². The van der Waals surface area contributed by atoms with E-state index in [4.69, 9.17) is 0 Å². The van der Waals surface area contributed by atoms with Crippen molar-refractivity contribution < 1.29 is 8.42 Å². The number of nitrogens with zero attached hydrogens (tertiary/aromatic N) is 1. The van der Waals surface area contributed by atoms with Gasteiger partial charge in [0.25, 0.3) is 0 Å². The van der Waals surface area contributed by atoms with Crippen molar-refractivity contribution in [1.29, 1.82) is 0 Å². The molecule has 2 rings (SSSR count). The van der Waals surface area contributed by atoms with Gasteiger partial charge in [0, 0.05) is 19.1 Å². The molecule has 1 aromatic rings. The van der Waals surface area contributed by atoms with Crippen LogP contribution in [0.25, 0.3) is 0 Å². The molecule has 0 amide bonds. The quantitative estimate of drug-likeness (QED) is 0.842. The molecule has 0 bridgehead atoms. The SMILES string of the molecule is CCNC(C)c1ccc(S(=O)(=O)N(C)C(C)C2CC2)cc1. The Hall–Kier alpha value is -0.910. The Kier molecular flexibility index (Phi) is 5.07. The molecule has 21 heavy (non-hydrogen) atoms. The Bertz CT molecular complexity index is 564. The van der Waals surface area contributed by atoms with Crippen molar-refractivity contribution in [2.45, 2.75) is 50.6 Å². The monoisotopic (exact) mass is 310 g/mol. The first kappa shape index (κ1) is 16.5. The second-order valence-corrected chi connectivity index (χ2v) is 7.95. The molecule has 118 valence electrons. The van der Waals surface area contributed by atoms with Crippen LogP contribution >= 0.6 is 0 Å². The van der Waals surface area contributed by atoms with E-state index < -0.39 is 10.0 Å². The maximum absolute atomic E-state index is 12.6. The summed E-state index contributed by atoms with van der Waals surface area (Å²) in [5, 5.41) is 3.32. The highest BCUT2D eigenvalue weighted by atomic mass is 32.2. The van der Waals surface area contributed by atoms with Crippen LogP contribution in [0.1, 0.15) is 45.2 Å². The van der Waals surface area contributed by atoms with Crippen molar-refractivity contribution in [3.63, 3.8) is 0 Å². The first-order chi connectivity index (χ1) is 9.87. The summed E-state index contributed by atoms with van der Waals surface area (Å²) in [5.74, 6) is 0.526. The molecule has 1 N–H and O–H groups in total. The summed E-state index contributed by atoms with van der Waals surface area (Å²) >= 11 is 0. The average Bonchev–Trinajstić information content (AvgIpc) is 3.30. The topological polar surface area (TPSA) is 49.4 Å². The van der Waals surface area contributed by atoms with E-state index >= 15 is 0 Å². The number of sulfonamides is 1. The van der Waals surface area contributed by atoms with Gasteiger partial charge in [0.15, 0.2) is 0 Å². The minimum Gasteiger partial charge on any atom is -0.310 e. The fraction of sp³-hybridized carbons (Fsp3) is 0.625. The standard InChI is InChI=1S/C16H26N2O2S/c1-5-17-12(2)14-8-10-16(11-9-14)21(19,20)18(4)13(3)15-6-7-15/h8-13,15,17H,5-7H2,1-4H3. The summed E-state index contributed by atoms with van der Waals surface area (Å²) in [4.78, 5) is 0.380. The normalized spacial score (nSPS) is 18.7. The lowest BCUT2D eigenvalue weighted by molar-refractivity contribution is 0.357. The smallest absolute Gasteiger partial charge is 0.243 e. The Morgan fingerprint density at radius 1 is 1.24 bits per heavy atom. The number of nitrogens with one attached hydrogen (secondary N) is 1. The number of rotatable bonds is 7. The maximum atomic E-state index is 12.6. The van der Waals surface area contributed by atoms with Crippen LogP contribution in [0.4, 0.5) is 0 Å². The molecule has 1 fully saturated rings. The van der Waals surface area contributed by atoms with E-state index in [0.717, 1.165) is 24.9 Å². The predicted molar refractivity (Wildman–Crippen MR) is 85.7 cm³/mol. The Morgan fingerprint density at radius 2 is 1.81 bits per heavy atom. The van der Waals surface area contributed by atoms with E-state index in [9.17, 15) is 8.42 Å². The van der Waals surface area contributed by atoms with Crippen LogP contribution < -0.4 is 5.32 Å². The number of benzene rings is 1. The summed E-state index contributed by atoms with van der Waals surface area (Å²) in [6, 6.07) is 7.54. The number of hydrogen-bond acceptors (Lipinski definition) is 3. The first-order valence-electron chi connectivity index (χ1n) is 7.69. The Morgan fingerprint density at radius 3 is 2.29 bits per heavy atom. The highest BCUT2D eigenvalue weighted by Crippen LogP contribution is 2.36. The van der Waals surface area contributed by atoms with E-state index in [2.05, 4.69) is 19.2 Å². The van der Waals surface area contributed by atoms with E-state index in [0.29, 0.717) is 10.8 Å². The maximum Gasteiger partial charge on any atom is 0.243 e. The second-order valence-electron chi connectivity index (χ2n) is 5.95. The molecular formula is C16H26N2O2S. The molecule has 1 aliphatic carbocycles. The van der Waals surface area contributed by atoms with Crippen LogP contribution in [0.3, 0.4) is 0 Å². The van der Waals surface area contributed by atoms with Gasteiger partial charge in [-0.05, 0) is 56.8 Å². The van der Waals surface area contributed by atoms with Gasteiger partial charge in [-0.25, -0.2) is 8.42 Å². The first-order valence-corrected chi connectivity index (χ1v) is 9.13. The van der Waals surface area contributed by atoms with Gasteiger partial charge in [-0.3, -0.25) is 0 Å². The van der Waals surface area contributed by atoms with Crippen LogP contribution in [0.15, 0.2) is 29.2 Å². The van der Waals surface area contributed by atoms with Gasteiger partial charge in [-0.1, -0.05) is 19.1 Å². The third kappa shape index (κ3) is 3.65. The minimum atomic E-state index is -3.39. The van der Waals surface area contributed by atoms with Gasteiger partial charge in [-0.15, -0.1) is 0 Å². The van der Waals surface area contributed by atoms with Crippen molar-refractivity contribution in [1.82, 2.24) is 9.62 Å². The van der Waals surface area contributed by atoms with Gasteiger partial charge in [0.1, 0.15) is 0 Å². The van der Waals surface area contributed by atoms with Crippen LogP contribution in [0, 0.1) is 5.92 Å². The molecule has 0 spiro atoms. The van der Waals surface area contributed by atoms with Gasteiger partial charge in [0.05, 0.1) is 4.90 Å². The second kappa shape index (κ2) is 6.46. The van der Waals surface area contributed by atoms with Crippen LogP contribution in [-0.4, -0.2) is 32.4 Å². The van der Waals surface area contributed by atoms with E-state index in [-0.39, 0.29) is 12.1 Å². The summed E-state index contributed by atoms with van der Waals surface area (Å²) in [5.41, 5.74) is 1.11. The molecule has 1 aliphatic rings. The van der Waals surface area contributed by atoms with Crippen molar-refractivity contribution in [3.05, 3.63) is 29.8 Å². The molecule has 2 unspecified atom stereocenters. The van der Waals surface area contributed by atoms with Gasteiger partial charge in [0.2, 0.25) is 10.0 Å². The summed E-state index contributed by atoms with van der Waals surface area (Å²) < 4.78 is 26.8. The molecule has 0 radical (unpaired) electrons. The molecule has 0 heterocycles. The molecule has 0 aliphatic heterocycles. The molecule has 5 heteroatoms. The highest BCUT2D eigenvalue weighted by molar-refractivity contribution is 7.89. The zero-order valence-electron chi connectivity index (χ0n) is 13.3. The van der Waals surface area contributed by atoms with Crippen LogP contribution in [0.5, 0.6) is 0 Å². The van der Waals surface area contributed by atoms with Gasteiger partial charge < -0.3 is 5.32 Å². The van der Waals surface area contributed by atoms with Crippen molar-refractivity contribution in [2.75, 3.05) is 13.6 Å². The zero-order valence-corrected chi connectivity index (χ0v) is 14.2. The summed E-state index contributed by atoms with van der Waals surface area (Å²) in [6.45, 7) is 7.03. The van der Waals surface area contributed by atoms with Crippen molar-refractivity contribution in [3.8, 4) is 0 Å². The zero-order chi connectivity index (χ0) is 15.6. The minimum absolute atomic E-state index is 0.0790. The van der Waals surface area contributed by atoms with E-state index in [1.165, 1.54) is 4.31 Å². The predicted octanol–water partition coefficient (Wildman–Crippen LogP) is 2.78. The molecule has 1 saturated carbocycles. The van der Waals surface area contributed by atoms with E-state index in [1.54, 1.807) is 19.2 Å². The molecule has 2 atom stereocenters.